The minimum atomic E-state index is -1.31. The Balaban J connectivity index is 1.56. The first-order valence-electron chi connectivity index (χ1n) is 11.3. The highest BCUT2D eigenvalue weighted by molar-refractivity contribution is 6.09. The first kappa shape index (κ1) is 22.8. The van der Waals surface area contributed by atoms with Crippen molar-refractivity contribution in [3.8, 4) is 5.75 Å². The van der Waals surface area contributed by atoms with Crippen LogP contribution < -0.4 is 10.6 Å². The van der Waals surface area contributed by atoms with Gasteiger partial charge in [0.25, 0.3) is 5.91 Å². The summed E-state index contributed by atoms with van der Waals surface area (Å²) in [6.45, 7) is 4.76. The van der Waals surface area contributed by atoms with Crippen molar-refractivity contribution in [3.05, 3.63) is 71.1 Å². The van der Waals surface area contributed by atoms with E-state index in [-0.39, 0.29) is 40.3 Å². The lowest BCUT2D eigenvalue weighted by Crippen LogP contribution is -2.47. The zero-order valence-corrected chi connectivity index (χ0v) is 18.9. The third-order valence-corrected chi connectivity index (χ3v) is 6.29. The van der Waals surface area contributed by atoms with Gasteiger partial charge in [0, 0.05) is 26.2 Å². The molecule has 1 fully saturated rings. The van der Waals surface area contributed by atoms with Gasteiger partial charge in [-0.2, -0.15) is 0 Å². The van der Waals surface area contributed by atoms with E-state index in [4.69, 9.17) is 0 Å². The highest BCUT2D eigenvalue weighted by Crippen LogP contribution is 2.34. The summed E-state index contributed by atoms with van der Waals surface area (Å²) in [5.41, 5.74) is 2.06. The number of hydrogen-bond acceptors (Lipinski definition) is 7. The monoisotopic (exact) mass is 450 g/mol. The molecule has 33 heavy (non-hydrogen) atoms. The summed E-state index contributed by atoms with van der Waals surface area (Å²) in [5.74, 6) is -0.845. The molecule has 0 bridgehead atoms. The van der Waals surface area contributed by atoms with Crippen molar-refractivity contribution in [3.63, 3.8) is 0 Å². The van der Waals surface area contributed by atoms with Crippen molar-refractivity contribution in [1.82, 2.24) is 15.1 Å². The van der Waals surface area contributed by atoms with Gasteiger partial charge in [-0.3, -0.25) is 9.59 Å². The minimum absolute atomic E-state index is 0.104. The fraction of sp³-hybridized carbons (Fsp3) is 0.360. The Hall–Kier alpha value is -3.36. The largest absolute Gasteiger partial charge is 0.505 e. The van der Waals surface area contributed by atoms with E-state index in [2.05, 4.69) is 15.5 Å². The number of aromatic hydroxyl groups is 1. The first-order chi connectivity index (χ1) is 15.9. The molecule has 8 nitrogen and oxygen atoms in total. The van der Waals surface area contributed by atoms with Crippen LogP contribution in [0.25, 0.3) is 0 Å². The number of Topliss-reactive ketones (excluding diaryl/α,β-unsaturated/α-hetero) is 1. The summed E-state index contributed by atoms with van der Waals surface area (Å²) in [6, 6.07) is 14.5. The number of hydrogen-bond donors (Lipinski definition) is 4. The molecular formula is C25H30N4O4. The number of amides is 1. The molecule has 4 N–H and O–H groups in total. The molecule has 1 aliphatic heterocycles. The van der Waals surface area contributed by atoms with Crippen molar-refractivity contribution >= 4 is 17.4 Å². The maximum absolute atomic E-state index is 13.0. The third kappa shape index (κ3) is 4.58. The van der Waals surface area contributed by atoms with Gasteiger partial charge in [0.05, 0.1) is 23.0 Å². The number of phenolic OH excluding ortho intramolecular Hbond substituents is 1. The summed E-state index contributed by atoms with van der Waals surface area (Å²) >= 11 is 0. The van der Waals surface area contributed by atoms with E-state index in [1.54, 1.807) is 23.1 Å². The van der Waals surface area contributed by atoms with Crippen LogP contribution in [0.4, 0.5) is 5.69 Å². The fourth-order valence-electron chi connectivity index (χ4n) is 4.16. The molecule has 2 aromatic rings. The number of rotatable bonds is 7. The number of phenols is 1. The maximum Gasteiger partial charge on any atom is 0.257 e. The molecule has 174 valence electrons. The first-order valence-corrected chi connectivity index (χ1v) is 11.3. The predicted molar refractivity (Wildman–Crippen MR) is 126 cm³/mol. The molecule has 0 spiro atoms. The molecule has 1 unspecified atom stereocenters. The predicted octanol–water partition coefficient (Wildman–Crippen LogP) is 2.09. The van der Waals surface area contributed by atoms with Crippen LogP contribution in [-0.2, 0) is 4.79 Å². The quantitative estimate of drug-likeness (QED) is 0.479. The Bertz CT molecular complexity index is 1060. The molecule has 1 aliphatic carbocycles. The molecule has 2 aliphatic rings. The standard InChI is InChI=1S/C25H30N4O4/c1-3-18(16-8-5-4-6-9-16)26-20-21(24(32)23(20)31)27-19-11-7-10-17(22(19)30)25(33)29-14-12-28(2)13-15-29/h4-11,18,24,26-27,30,32H,3,12-15H2,1-2H3/t18-,24?/m1/s1. The van der Waals surface area contributed by atoms with Gasteiger partial charge in [-0.1, -0.05) is 43.3 Å². The van der Waals surface area contributed by atoms with Gasteiger partial charge in [-0.05, 0) is 31.2 Å². The molecule has 1 heterocycles. The van der Waals surface area contributed by atoms with E-state index in [1.807, 2.05) is 44.3 Å². The molecule has 2 atom stereocenters. The van der Waals surface area contributed by atoms with E-state index in [1.165, 1.54) is 0 Å². The van der Waals surface area contributed by atoms with Gasteiger partial charge in [0.1, 0.15) is 5.70 Å². The van der Waals surface area contributed by atoms with Crippen molar-refractivity contribution in [2.45, 2.75) is 25.5 Å². The van der Waals surface area contributed by atoms with E-state index < -0.39 is 11.9 Å². The summed E-state index contributed by atoms with van der Waals surface area (Å²) in [4.78, 5) is 29.2. The van der Waals surface area contributed by atoms with Crippen LogP contribution in [0.3, 0.4) is 0 Å². The average Bonchev–Trinajstić information content (AvgIpc) is 2.85. The lowest BCUT2D eigenvalue weighted by Gasteiger charge is -2.33. The van der Waals surface area contributed by atoms with Crippen LogP contribution >= 0.6 is 0 Å². The Morgan fingerprint density at radius 2 is 1.79 bits per heavy atom. The van der Waals surface area contributed by atoms with Gasteiger partial charge in [0.15, 0.2) is 11.9 Å². The van der Waals surface area contributed by atoms with Crippen molar-refractivity contribution in [2.75, 3.05) is 38.5 Å². The average molecular weight is 451 g/mol. The van der Waals surface area contributed by atoms with Gasteiger partial charge >= 0.3 is 0 Å². The van der Waals surface area contributed by atoms with Crippen LogP contribution in [0, 0.1) is 0 Å². The summed E-state index contributed by atoms with van der Waals surface area (Å²) < 4.78 is 0. The number of carbonyl (C=O) groups excluding carboxylic acids is 2. The Labute approximate surface area is 193 Å². The molecule has 4 rings (SSSR count). The van der Waals surface area contributed by atoms with E-state index in [0.29, 0.717) is 13.1 Å². The number of carbonyl (C=O) groups is 2. The second-order valence-corrected chi connectivity index (χ2v) is 8.49. The Morgan fingerprint density at radius 1 is 1.09 bits per heavy atom. The number of anilines is 1. The SMILES string of the molecule is CC[C@@H](NC1=C(Nc2cccc(C(=O)N3CCN(C)CC3)c2O)C(O)C1=O)c1ccccc1. The van der Waals surface area contributed by atoms with E-state index >= 15 is 0 Å². The molecule has 0 aromatic heterocycles. The Morgan fingerprint density at radius 3 is 2.45 bits per heavy atom. The van der Waals surface area contributed by atoms with Crippen molar-refractivity contribution < 1.29 is 19.8 Å². The number of nitrogens with zero attached hydrogens (tertiary/aromatic N) is 2. The van der Waals surface area contributed by atoms with Crippen LogP contribution in [-0.4, -0.2) is 71.0 Å². The number of aliphatic hydroxyl groups is 1. The fourth-order valence-corrected chi connectivity index (χ4v) is 4.16. The molecule has 0 saturated carbocycles. The van der Waals surface area contributed by atoms with Crippen LogP contribution in [0.2, 0.25) is 0 Å². The topological polar surface area (TPSA) is 105 Å². The minimum Gasteiger partial charge on any atom is -0.505 e. The lowest BCUT2D eigenvalue weighted by molar-refractivity contribution is -0.125. The van der Waals surface area contributed by atoms with Gasteiger partial charge in [-0.25, -0.2) is 0 Å². The van der Waals surface area contributed by atoms with Crippen LogP contribution in [0.1, 0.15) is 35.3 Å². The third-order valence-electron chi connectivity index (χ3n) is 6.29. The van der Waals surface area contributed by atoms with Gasteiger partial charge in [0.2, 0.25) is 5.78 Å². The zero-order valence-electron chi connectivity index (χ0n) is 18.9. The summed E-state index contributed by atoms with van der Waals surface area (Å²) in [5, 5.41) is 27.3. The molecule has 8 heteroatoms. The molecule has 2 aromatic carbocycles. The smallest absolute Gasteiger partial charge is 0.257 e. The summed E-state index contributed by atoms with van der Waals surface area (Å²) in [7, 11) is 2.01. The van der Waals surface area contributed by atoms with Crippen LogP contribution in [0.15, 0.2) is 59.9 Å². The van der Waals surface area contributed by atoms with Crippen molar-refractivity contribution in [1.29, 1.82) is 0 Å². The van der Waals surface area contributed by atoms with E-state index in [9.17, 15) is 19.8 Å². The van der Waals surface area contributed by atoms with Gasteiger partial charge in [-0.15, -0.1) is 0 Å². The second kappa shape index (κ2) is 9.64. The second-order valence-electron chi connectivity index (χ2n) is 8.49. The molecule has 1 saturated heterocycles. The normalized spacial score (nSPS) is 19.8. The number of piperazine rings is 1. The number of benzene rings is 2. The molecule has 0 radical (unpaired) electrons. The number of nitrogens with one attached hydrogen (secondary N) is 2. The molecule has 1 amide bonds. The van der Waals surface area contributed by atoms with Gasteiger partial charge < -0.3 is 30.6 Å². The zero-order chi connectivity index (χ0) is 23.5. The number of para-hydroxylation sites is 1. The van der Waals surface area contributed by atoms with Crippen LogP contribution in [0.5, 0.6) is 5.75 Å². The van der Waals surface area contributed by atoms with Crippen molar-refractivity contribution in [2.24, 2.45) is 0 Å². The number of likely N-dealkylation sites (N-methyl/N-ethyl adjacent to an activating group) is 1. The van der Waals surface area contributed by atoms with E-state index in [0.717, 1.165) is 25.1 Å². The molecular weight excluding hydrogens is 420 g/mol. The highest BCUT2D eigenvalue weighted by Gasteiger charge is 2.39. The summed E-state index contributed by atoms with van der Waals surface area (Å²) in [6.07, 6.45) is -0.568. The Kier molecular flexibility index (Phi) is 6.67. The number of aliphatic hydroxyl groups excluding tert-OH is 1. The lowest BCUT2D eigenvalue weighted by atomic mass is 9.92. The maximum atomic E-state index is 13.0. The highest BCUT2D eigenvalue weighted by atomic mass is 16.3. The number of ketones is 1.